The lowest BCUT2D eigenvalue weighted by Gasteiger charge is -2.16. The molecule has 13 heavy (non-hydrogen) atoms. The molecular weight excluding hydrogens is 184 g/mol. The van der Waals surface area contributed by atoms with Crippen LogP contribution in [0, 0.1) is 0 Å². The van der Waals surface area contributed by atoms with E-state index in [1.54, 1.807) is 27.7 Å². The largest absolute Gasteiger partial charge is 0.385 e. The molecule has 0 amide bonds. The van der Waals surface area contributed by atoms with Crippen LogP contribution in [0.2, 0.25) is 0 Å². The highest BCUT2D eigenvalue weighted by molar-refractivity contribution is 7.12. The fourth-order valence-electron chi connectivity index (χ4n) is 0.996. The van der Waals surface area contributed by atoms with Gasteiger partial charge in [-0.15, -0.1) is 11.3 Å². The molecule has 2 nitrogen and oxygen atoms in total. The number of hydrogen-bond donors (Lipinski definition) is 2. The first kappa shape index (κ1) is 10.7. The van der Waals surface area contributed by atoms with E-state index in [1.165, 1.54) is 11.3 Å². The Morgan fingerprint density at radius 2 is 1.23 bits per heavy atom. The summed E-state index contributed by atoms with van der Waals surface area (Å²) < 4.78 is 0. The molecule has 0 saturated carbocycles. The second-order valence-electron chi connectivity index (χ2n) is 4.28. The molecule has 0 fully saturated rings. The predicted molar refractivity (Wildman–Crippen MR) is 54.8 cm³/mol. The highest BCUT2D eigenvalue weighted by Gasteiger charge is 2.23. The van der Waals surface area contributed by atoms with Crippen LogP contribution in [0.3, 0.4) is 0 Å². The van der Waals surface area contributed by atoms with E-state index >= 15 is 0 Å². The molecule has 1 rings (SSSR count). The van der Waals surface area contributed by atoms with Crippen LogP contribution in [0.15, 0.2) is 12.1 Å². The maximum Gasteiger partial charge on any atom is 0.0932 e. The quantitative estimate of drug-likeness (QED) is 0.768. The van der Waals surface area contributed by atoms with Gasteiger partial charge in [-0.1, -0.05) is 0 Å². The van der Waals surface area contributed by atoms with Crippen LogP contribution in [-0.4, -0.2) is 10.2 Å². The Kier molecular flexibility index (Phi) is 2.54. The molecule has 0 unspecified atom stereocenters. The highest BCUT2D eigenvalue weighted by atomic mass is 32.1. The van der Waals surface area contributed by atoms with E-state index < -0.39 is 11.2 Å². The van der Waals surface area contributed by atoms with E-state index in [2.05, 4.69) is 0 Å². The molecule has 1 aromatic rings. The van der Waals surface area contributed by atoms with Gasteiger partial charge in [-0.3, -0.25) is 0 Å². The van der Waals surface area contributed by atoms with Gasteiger partial charge in [0.05, 0.1) is 11.2 Å². The maximum absolute atomic E-state index is 9.70. The Bertz CT molecular complexity index is 260. The van der Waals surface area contributed by atoms with Crippen molar-refractivity contribution < 1.29 is 10.2 Å². The summed E-state index contributed by atoms with van der Waals surface area (Å²) in [6, 6.07) is 3.72. The number of hydrogen-bond acceptors (Lipinski definition) is 3. The van der Waals surface area contributed by atoms with Crippen LogP contribution in [0.4, 0.5) is 0 Å². The van der Waals surface area contributed by atoms with Crippen LogP contribution in [-0.2, 0) is 11.2 Å². The van der Waals surface area contributed by atoms with Gasteiger partial charge in [0.15, 0.2) is 0 Å². The number of thiophene rings is 1. The van der Waals surface area contributed by atoms with Crippen LogP contribution < -0.4 is 0 Å². The minimum absolute atomic E-state index is 0.811. The zero-order valence-corrected chi connectivity index (χ0v) is 9.27. The summed E-state index contributed by atoms with van der Waals surface area (Å²) in [6.07, 6.45) is 0. The lowest BCUT2D eigenvalue weighted by molar-refractivity contribution is 0.0817. The second kappa shape index (κ2) is 3.08. The van der Waals surface area contributed by atoms with Crippen LogP contribution in [0.5, 0.6) is 0 Å². The van der Waals surface area contributed by atoms with E-state index in [4.69, 9.17) is 0 Å². The van der Waals surface area contributed by atoms with Gasteiger partial charge in [-0.05, 0) is 39.8 Å². The van der Waals surface area contributed by atoms with Crippen LogP contribution in [0.1, 0.15) is 37.4 Å². The summed E-state index contributed by atoms with van der Waals surface area (Å²) in [7, 11) is 0. The Morgan fingerprint density at radius 1 is 0.923 bits per heavy atom. The molecule has 0 aliphatic heterocycles. The van der Waals surface area contributed by atoms with Gasteiger partial charge in [-0.2, -0.15) is 0 Å². The van der Waals surface area contributed by atoms with E-state index in [1.807, 2.05) is 12.1 Å². The van der Waals surface area contributed by atoms with Gasteiger partial charge in [0.25, 0.3) is 0 Å². The van der Waals surface area contributed by atoms with Crippen molar-refractivity contribution in [2.45, 2.75) is 38.9 Å². The summed E-state index contributed by atoms with van der Waals surface area (Å²) in [5.41, 5.74) is -1.62. The molecule has 0 aliphatic carbocycles. The molecule has 1 aromatic heterocycles. The fourth-order valence-corrected chi connectivity index (χ4v) is 2.00. The number of rotatable bonds is 2. The highest BCUT2D eigenvalue weighted by Crippen LogP contribution is 2.33. The minimum atomic E-state index is -0.811. The SMILES string of the molecule is CC(C)(O)c1ccc(C(C)(C)O)s1. The second-order valence-corrected chi connectivity index (χ2v) is 5.37. The van der Waals surface area contributed by atoms with Crippen molar-refractivity contribution >= 4 is 11.3 Å². The third kappa shape index (κ3) is 2.53. The van der Waals surface area contributed by atoms with Crippen molar-refractivity contribution in [2.75, 3.05) is 0 Å². The molecule has 3 heteroatoms. The average Bonchev–Trinajstić information content (AvgIpc) is 2.28. The predicted octanol–water partition coefficient (Wildman–Crippen LogP) is 2.20. The summed E-state index contributed by atoms with van der Waals surface area (Å²) in [5.74, 6) is 0. The maximum atomic E-state index is 9.70. The Hall–Kier alpha value is -0.380. The molecule has 0 atom stereocenters. The van der Waals surface area contributed by atoms with Crippen molar-refractivity contribution in [1.29, 1.82) is 0 Å². The lowest BCUT2D eigenvalue weighted by atomic mass is 10.1. The van der Waals surface area contributed by atoms with Crippen molar-refractivity contribution in [2.24, 2.45) is 0 Å². The van der Waals surface area contributed by atoms with Gasteiger partial charge < -0.3 is 10.2 Å². The lowest BCUT2D eigenvalue weighted by Crippen LogP contribution is -2.14. The smallest absolute Gasteiger partial charge is 0.0932 e. The number of aliphatic hydroxyl groups is 2. The fraction of sp³-hybridized carbons (Fsp3) is 0.600. The summed E-state index contributed by atoms with van der Waals surface area (Å²) in [5, 5.41) is 19.4. The zero-order valence-electron chi connectivity index (χ0n) is 8.46. The van der Waals surface area contributed by atoms with Gasteiger partial charge >= 0.3 is 0 Å². The normalized spacial score (nSPS) is 13.4. The molecular formula is C10H16O2S. The first-order chi connectivity index (χ1) is 5.71. The summed E-state index contributed by atoms with van der Waals surface area (Å²) in [4.78, 5) is 1.76. The zero-order chi connectivity index (χ0) is 10.3. The van der Waals surface area contributed by atoms with E-state index in [-0.39, 0.29) is 0 Å². The molecule has 0 aliphatic rings. The monoisotopic (exact) mass is 200 g/mol. The molecule has 74 valence electrons. The standard InChI is InChI=1S/C10H16O2S/c1-9(2,11)7-5-6-8(13-7)10(3,4)12/h5-6,11-12H,1-4H3. The van der Waals surface area contributed by atoms with Gasteiger partial charge in [0.1, 0.15) is 0 Å². The minimum Gasteiger partial charge on any atom is -0.385 e. The molecule has 2 N–H and O–H groups in total. The van der Waals surface area contributed by atoms with Gasteiger partial charge in [0, 0.05) is 9.75 Å². The Balaban J connectivity index is 3.01. The van der Waals surface area contributed by atoms with Crippen LogP contribution >= 0.6 is 11.3 Å². The third-order valence-electron chi connectivity index (χ3n) is 1.81. The van der Waals surface area contributed by atoms with E-state index in [9.17, 15) is 10.2 Å². The van der Waals surface area contributed by atoms with Crippen molar-refractivity contribution in [3.05, 3.63) is 21.9 Å². The average molecular weight is 200 g/mol. The summed E-state index contributed by atoms with van der Waals surface area (Å²) >= 11 is 1.45. The Morgan fingerprint density at radius 3 is 1.38 bits per heavy atom. The first-order valence-corrected chi connectivity index (χ1v) is 5.08. The third-order valence-corrected chi connectivity index (χ3v) is 3.52. The molecule has 0 bridgehead atoms. The van der Waals surface area contributed by atoms with Crippen molar-refractivity contribution in [1.82, 2.24) is 0 Å². The molecule has 0 saturated heterocycles. The molecule has 0 spiro atoms. The van der Waals surface area contributed by atoms with Crippen molar-refractivity contribution in [3.63, 3.8) is 0 Å². The van der Waals surface area contributed by atoms with Crippen LogP contribution in [0.25, 0.3) is 0 Å². The first-order valence-electron chi connectivity index (χ1n) is 4.27. The molecule has 0 radical (unpaired) electrons. The van der Waals surface area contributed by atoms with Gasteiger partial charge in [-0.25, -0.2) is 0 Å². The summed E-state index contributed by atoms with van der Waals surface area (Å²) in [6.45, 7) is 6.97. The van der Waals surface area contributed by atoms with E-state index in [0.29, 0.717) is 0 Å². The molecule has 0 aromatic carbocycles. The van der Waals surface area contributed by atoms with E-state index in [0.717, 1.165) is 9.75 Å². The van der Waals surface area contributed by atoms with Gasteiger partial charge in [0.2, 0.25) is 0 Å². The molecule has 1 heterocycles. The van der Waals surface area contributed by atoms with Crippen molar-refractivity contribution in [3.8, 4) is 0 Å². The Labute approximate surface area is 82.8 Å². The topological polar surface area (TPSA) is 40.5 Å².